The molecule has 0 aliphatic carbocycles. The molecule has 0 fully saturated rings. The van der Waals surface area contributed by atoms with Gasteiger partial charge >= 0.3 is 0 Å². The average Bonchev–Trinajstić information content (AvgIpc) is 3.04. The van der Waals surface area contributed by atoms with E-state index in [2.05, 4.69) is 0 Å². The first kappa shape index (κ1) is 20.3. The van der Waals surface area contributed by atoms with E-state index in [0.717, 1.165) is 0 Å². The topological polar surface area (TPSA) is 89.2 Å². The van der Waals surface area contributed by atoms with E-state index in [1.165, 1.54) is 25.2 Å². The molecule has 1 unspecified atom stereocenters. The van der Waals surface area contributed by atoms with E-state index < -0.39 is 11.9 Å². The summed E-state index contributed by atoms with van der Waals surface area (Å²) in [7, 11) is 3.05. The number of ether oxygens (including phenoxy) is 2. The molecule has 8 heteroatoms. The van der Waals surface area contributed by atoms with Crippen LogP contribution in [-0.2, 0) is 0 Å². The first-order chi connectivity index (χ1) is 14.5. The molecule has 2 heterocycles. The first-order valence-corrected chi connectivity index (χ1v) is 9.78. The molecule has 0 spiro atoms. The van der Waals surface area contributed by atoms with Crippen molar-refractivity contribution in [3.8, 4) is 11.5 Å². The second-order valence-electron chi connectivity index (χ2n) is 6.90. The molecule has 30 heavy (non-hydrogen) atoms. The maximum absolute atomic E-state index is 13.5. The highest BCUT2D eigenvalue weighted by Gasteiger charge is 2.43. The third-order valence-corrected chi connectivity index (χ3v) is 5.45. The Morgan fingerprint density at radius 2 is 1.93 bits per heavy atom. The Morgan fingerprint density at radius 3 is 2.63 bits per heavy atom. The van der Waals surface area contributed by atoms with Gasteiger partial charge in [0.05, 0.1) is 31.2 Å². The van der Waals surface area contributed by atoms with Crippen molar-refractivity contribution in [1.82, 2.24) is 4.90 Å². The summed E-state index contributed by atoms with van der Waals surface area (Å²) >= 11 is 6.09. The fourth-order valence-corrected chi connectivity index (χ4v) is 4.01. The molecule has 1 N–H and O–H groups in total. The van der Waals surface area contributed by atoms with Crippen LogP contribution in [-0.4, -0.2) is 43.3 Å². The Kier molecular flexibility index (Phi) is 5.40. The number of fused-ring (bicyclic) bond motifs is 2. The Balaban J connectivity index is 2.02. The fraction of sp³-hybridized carbons (Fsp3) is 0.273. The van der Waals surface area contributed by atoms with Gasteiger partial charge in [-0.2, -0.15) is 0 Å². The Bertz CT molecular complexity index is 1190. The van der Waals surface area contributed by atoms with Crippen LogP contribution in [0.3, 0.4) is 0 Å². The van der Waals surface area contributed by atoms with Crippen molar-refractivity contribution < 1.29 is 23.8 Å². The summed E-state index contributed by atoms with van der Waals surface area (Å²) < 4.78 is 16.7. The highest BCUT2D eigenvalue weighted by Crippen LogP contribution is 2.42. The second kappa shape index (κ2) is 8.01. The first-order valence-electron chi connectivity index (χ1n) is 9.40. The van der Waals surface area contributed by atoms with Gasteiger partial charge in [-0.15, -0.1) is 0 Å². The van der Waals surface area contributed by atoms with Crippen molar-refractivity contribution in [1.29, 1.82) is 0 Å². The number of carbonyl (C=O) groups excluding carboxylic acids is 1. The molecular weight excluding hydrogens is 410 g/mol. The zero-order chi connectivity index (χ0) is 21.4. The van der Waals surface area contributed by atoms with Gasteiger partial charge in [-0.1, -0.05) is 11.6 Å². The maximum atomic E-state index is 13.5. The molecule has 1 aliphatic heterocycles. The van der Waals surface area contributed by atoms with Gasteiger partial charge in [0.1, 0.15) is 17.1 Å². The third kappa shape index (κ3) is 3.20. The molecule has 1 amide bonds. The lowest BCUT2D eigenvalue weighted by atomic mass is 9.97. The van der Waals surface area contributed by atoms with Crippen molar-refractivity contribution in [2.75, 3.05) is 27.4 Å². The summed E-state index contributed by atoms with van der Waals surface area (Å²) in [5.41, 5.74) is 0.773. The number of hydrogen-bond acceptors (Lipinski definition) is 6. The molecule has 7 nitrogen and oxygen atoms in total. The molecule has 0 radical (unpaired) electrons. The molecule has 156 valence electrons. The van der Waals surface area contributed by atoms with Gasteiger partial charge in [0.2, 0.25) is 5.76 Å². The van der Waals surface area contributed by atoms with E-state index in [1.807, 2.05) is 0 Å². The largest absolute Gasteiger partial charge is 0.497 e. The quantitative estimate of drug-likeness (QED) is 0.646. The molecule has 1 aliphatic rings. The van der Waals surface area contributed by atoms with E-state index in [-0.39, 0.29) is 35.5 Å². The van der Waals surface area contributed by atoms with E-state index in [4.69, 9.17) is 25.5 Å². The van der Waals surface area contributed by atoms with Gasteiger partial charge in [-0.3, -0.25) is 9.59 Å². The van der Waals surface area contributed by atoms with Gasteiger partial charge < -0.3 is 23.9 Å². The van der Waals surface area contributed by atoms with Gasteiger partial charge in [-0.05, 0) is 42.8 Å². The Labute approximate surface area is 177 Å². The minimum absolute atomic E-state index is 0.0114. The minimum Gasteiger partial charge on any atom is -0.497 e. The van der Waals surface area contributed by atoms with Crippen LogP contribution in [0.2, 0.25) is 5.02 Å². The van der Waals surface area contributed by atoms with Crippen LogP contribution in [0.4, 0.5) is 0 Å². The Morgan fingerprint density at radius 1 is 1.13 bits per heavy atom. The van der Waals surface area contributed by atoms with Crippen LogP contribution < -0.4 is 14.9 Å². The van der Waals surface area contributed by atoms with Crippen LogP contribution in [0.5, 0.6) is 11.5 Å². The summed E-state index contributed by atoms with van der Waals surface area (Å²) in [6.07, 6.45) is 0.349. The number of carbonyl (C=O) groups is 1. The van der Waals surface area contributed by atoms with Gasteiger partial charge in [-0.25, -0.2) is 0 Å². The highest BCUT2D eigenvalue weighted by atomic mass is 35.5. The van der Waals surface area contributed by atoms with Crippen LogP contribution in [0.1, 0.15) is 34.1 Å². The summed E-state index contributed by atoms with van der Waals surface area (Å²) in [5.74, 6) is 0.632. The predicted octanol–water partition coefficient (Wildman–Crippen LogP) is 3.39. The summed E-state index contributed by atoms with van der Waals surface area (Å²) in [4.78, 5) is 28.2. The number of methoxy groups -OCH3 is 2. The molecule has 1 aromatic heterocycles. The summed E-state index contributed by atoms with van der Waals surface area (Å²) in [5, 5.41) is 10.0. The standard InChI is InChI=1S/C22H20ClNO6/c1-28-13-5-7-16(29-2)14(11-13)19-18-20(26)15-10-12(23)4-6-17(15)30-21(18)22(27)24(19)8-3-9-25/h4-7,10-11,19,25H,3,8-9H2,1-2H3. The number of aliphatic hydroxyl groups excluding tert-OH is 1. The van der Waals surface area contributed by atoms with E-state index in [9.17, 15) is 14.7 Å². The van der Waals surface area contributed by atoms with Crippen molar-refractivity contribution in [2.45, 2.75) is 12.5 Å². The number of rotatable bonds is 6. The van der Waals surface area contributed by atoms with Crippen molar-refractivity contribution >= 4 is 28.5 Å². The van der Waals surface area contributed by atoms with Crippen LogP contribution in [0, 0.1) is 0 Å². The molecule has 0 saturated heterocycles. The lowest BCUT2D eigenvalue weighted by molar-refractivity contribution is 0.0715. The molecule has 4 rings (SSSR count). The lowest BCUT2D eigenvalue weighted by Gasteiger charge is -2.26. The van der Waals surface area contributed by atoms with Crippen molar-refractivity contribution in [2.24, 2.45) is 0 Å². The van der Waals surface area contributed by atoms with E-state index in [0.29, 0.717) is 33.9 Å². The number of hydrogen-bond donors (Lipinski definition) is 1. The number of halogens is 1. The molecule has 1 atom stereocenters. The molecule has 0 bridgehead atoms. The van der Waals surface area contributed by atoms with Gasteiger partial charge in [0, 0.05) is 23.7 Å². The highest BCUT2D eigenvalue weighted by molar-refractivity contribution is 6.31. The average molecular weight is 430 g/mol. The Hall–Kier alpha value is -3.03. The maximum Gasteiger partial charge on any atom is 0.290 e. The number of nitrogens with zero attached hydrogens (tertiary/aromatic N) is 1. The molecule has 0 saturated carbocycles. The van der Waals surface area contributed by atoms with Gasteiger partial charge in [0.15, 0.2) is 5.43 Å². The molecule has 3 aromatic rings. The molecule has 2 aromatic carbocycles. The van der Waals surface area contributed by atoms with E-state index in [1.54, 1.807) is 30.3 Å². The predicted molar refractivity (Wildman–Crippen MR) is 112 cm³/mol. The zero-order valence-electron chi connectivity index (χ0n) is 16.5. The minimum atomic E-state index is -0.747. The number of aliphatic hydroxyl groups is 1. The smallest absolute Gasteiger partial charge is 0.290 e. The summed E-state index contributed by atoms with van der Waals surface area (Å²) in [6.45, 7) is 0.141. The second-order valence-corrected chi connectivity index (χ2v) is 7.34. The normalized spacial score (nSPS) is 15.5. The number of amides is 1. The zero-order valence-corrected chi connectivity index (χ0v) is 17.2. The fourth-order valence-electron chi connectivity index (χ4n) is 3.84. The SMILES string of the molecule is COc1ccc(OC)c(C2c3c(oc4ccc(Cl)cc4c3=O)C(=O)N2CCCO)c1. The van der Waals surface area contributed by atoms with E-state index >= 15 is 0 Å². The van der Waals surface area contributed by atoms with Crippen LogP contribution >= 0.6 is 11.6 Å². The third-order valence-electron chi connectivity index (χ3n) is 5.22. The van der Waals surface area contributed by atoms with Crippen molar-refractivity contribution in [3.63, 3.8) is 0 Å². The lowest BCUT2D eigenvalue weighted by Crippen LogP contribution is -2.31. The van der Waals surface area contributed by atoms with Crippen molar-refractivity contribution in [3.05, 3.63) is 68.5 Å². The van der Waals surface area contributed by atoms with Gasteiger partial charge in [0.25, 0.3) is 5.91 Å². The van der Waals surface area contributed by atoms with Crippen LogP contribution in [0.15, 0.2) is 45.6 Å². The monoisotopic (exact) mass is 429 g/mol. The number of benzene rings is 2. The summed E-state index contributed by atoms with van der Waals surface area (Å²) in [6, 6.07) is 9.16. The van der Waals surface area contributed by atoms with Crippen LogP contribution in [0.25, 0.3) is 11.0 Å². The molecular formula is C22H20ClNO6.